The van der Waals surface area contributed by atoms with E-state index in [2.05, 4.69) is 6.92 Å². The number of benzene rings is 1. The van der Waals surface area contributed by atoms with Crippen molar-refractivity contribution in [1.82, 2.24) is 0 Å². The molecule has 0 spiro atoms. The van der Waals surface area contributed by atoms with Gasteiger partial charge in [0.1, 0.15) is 5.75 Å². The van der Waals surface area contributed by atoms with Crippen LogP contribution < -0.4 is 0 Å². The number of unbranched alkanes of at least 4 members (excludes halogenated alkanes) is 13. The van der Waals surface area contributed by atoms with Gasteiger partial charge in [0.05, 0.1) is 19.1 Å². The molecule has 4 heteroatoms. The summed E-state index contributed by atoms with van der Waals surface area (Å²) in [5, 5.41) is 21.7. The first-order valence-electron chi connectivity index (χ1n) is 15.1. The van der Waals surface area contributed by atoms with E-state index in [-0.39, 0.29) is 29.0 Å². The molecule has 0 aromatic heterocycles. The molecule has 0 radical (unpaired) electrons. The van der Waals surface area contributed by atoms with Gasteiger partial charge >= 0.3 is 5.97 Å². The number of ether oxygens (including phenoxy) is 1. The monoisotopic (exact) mass is 518 g/mol. The van der Waals surface area contributed by atoms with Crippen LogP contribution in [0.5, 0.6) is 5.75 Å². The lowest BCUT2D eigenvalue weighted by atomic mass is 9.78. The largest absolute Gasteiger partial charge is 0.507 e. The molecular weight excluding hydrogens is 460 g/mol. The van der Waals surface area contributed by atoms with Crippen molar-refractivity contribution in [3.05, 3.63) is 28.8 Å². The fraction of sp³-hybridized carbons (Fsp3) is 0.788. The highest BCUT2D eigenvalue weighted by atomic mass is 16.5. The van der Waals surface area contributed by atoms with Gasteiger partial charge in [-0.15, -0.1) is 0 Å². The fourth-order valence-electron chi connectivity index (χ4n) is 4.81. The summed E-state index contributed by atoms with van der Waals surface area (Å²) >= 11 is 0. The maximum Gasteiger partial charge on any atom is 0.308 e. The highest BCUT2D eigenvalue weighted by Crippen LogP contribution is 2.41. The summed E-state index contributed by atoms with van der Waals surface area (Å²) in [5.41, 5.74) is 1.65. The van der Waals surface area contributed by atoms with Crippen molar-refractivity contribution in [2.75, 3.05) is 6.61 Å². The van der Waals surface area contributed by atoms with Crippen LogP contribution in [0.15, 0.2) is 12.1 Å². The third-order valence-corrected chi connectivity index (χ3v) is 7.25. The van der Waals surface area contributed by atoms with Gasteiger partial charge in [-0.1, -0.05) is 132 Å². The number of phenols is 1. The van der Waals surface area contributed by atoms with Gasteiger partial charge in [0, 0.05) is 0 Å². The maximum atomic E-state index is 12.4. The number of carbonyl (C=O) groups excluding carboxylic acids is 1. The van der Waals surface area contributed by atoms with Gasteiger partial charge in [0.15, 0.2) is 0 Å². The summed E-state index contributed by atoms with van der Waals surface area (Å²) in [6.45, 7) is 14.9. The van der Waals surface area contributed by atoms with E-state index in [0.717, 1.165) is 24.0 Å². The molecule has 214 valence electrons. The van der Waals surface area contributed by atoms with Crippen LogP contribution in [0, 0.1) is 0 Å². The van der Waals surface area contributed by atoms with Gasteiger partial charge in [-0.3, -0.25) is 4.79 Å². The molecule has 0 aliphatic rings. The van der Waals surface area contributed by atoms with Crippen LogP contribution in [0.1, 0.15) is 168 Å². The molecule has 1 atom stereocenters. The molecule has 0 bridgehead atoms. The van der Waals surface area contributed by atoms with Crippen LogP contribution in [-0.2, 0) is 20.4 Å². The number of aliphatic hydroxyl groups is 1. The Morgan fingerprint density at radius 1 is 0.730 bits per heavy atom. The number of aliphatic hydroxyl groups excluding tert-OH is 1. The Kier molecular flexibility index (Phi) is 15.5. The normalized spacial score (nSPS) is 13.1. The van der Waals surface area contributed by atoms with E-state index in [4.69, 9.17) is 4.74 Å². The molecule has 2 N–H and O–H groups in total. The zero-order chi connectivity index (χ0) is 27.9. The second-order valence-electron chi connectivity index (χ2n) is 13.0. The van der Waals surface area contributed by atoms with Gasteiger partial charge in [0.25, 0.3) is 0 Å². The molecule has 1 rings (SSSR count). The Balaban J connectivity index is 2.29. The van der Waals surface area contributed by atoms with Gasteiger partial charge in [-0.2, -0.15) is 0 Å². The van der Waals surface area contributed by atoms with Crippen LogP contribution in [0.4, 0.5) is 0 Å². The minimum Gasteiger partial charge on any atom is -0.507 e. The molecule has 0 saturated heterocycles. The lowest BCUT2D eigenvalue weighted by molar-refractivity contribution is -0.146. The zero-order valence-corrected chi connectivity index (χ0v) is 25.3. The molecule has 4 nitrogen and oxygen atoms in total. The lowest BCUT2D eigenvalue weighted by Gasteiger charge is -2.29. The van der Waals surface area contributed by atoms with Crippen molar-refractivity contribution in [2.45, 2.75) is 162 Å². The van der Waals surface area contributed by atoms with E-state index in [1.165, 1.54) is 77.0 Å². The molecule has 0 saturated carbocycles. The number of carbonyl (C=O) groups is 1. The van der Waals surface area contributed by atoms with Crippen LogP contribution in [0.3, 0.4) is 0 Å². The quantitative estimate of drug-likeness (QED) is 0.150. The Bertz CT molecular complexity index is 735. The zero-order valence-electron chi connectivity index (χ0n) is 25.3. The van der Waals surface area contributed by atoms with E-state index in [0.29, 0.717) is 12.2 Å². The van der Waals surface area contributed by atoms with Crippen molar-refractivity contribution in [1.29, 1.82) is 0 Å². The van der Waals surface area contributed by atoms with Gasteiger partial charge < -0.3 is 14.9 Å². The predicted molar refractivity (Wildman–Crippen MR) is 156 cm³/mol. The number of rotatable bonds is 18. The lowest BCUT2D eigenvalue weighted by Crippen LogP contribution is -2.19. The van der Waals surface area contributed by atoms with Gasteiger partial charge in [-0.05, 0) is 46.1 Å². The molecular formula is C33H58O4. The first-order valence-corrected chi connectivity index (χ1v) is 15.1. The van der Waals surface area contributed by atoms with Gasteiger partial charge in [-0.25, -0.2) is 0 Å². The summed E-state index contributed by atoms with van der Waals surface area (Å²) in [7, 11) is 0. The van der Waals surface area contributed by atoms with E-state index >= 15 is 0 Å². The molecule has 0 aliphatic carbocycles. The Labute approximate surface area is 228 Å². The van der Waals surface area contributed by atoms with E-state index < -0.39 is 6.10 Å². The Morgan fingerprint density at radius 2 is 1.11 bits per heavy atom. The highest BCUT2D eigenvalue weighted by molar-refractivity contribution is 5.70. The standard InChI is InChI=1S/C33H58O4/c1-8-9-10-11-12-13-14-15-16-17-18-19-20-21-22-37-30(35)25-29(34)26-23-27(32(2,3)4)31(36)28(24-26)33(5,6)7/h23-24,29,34,36H,8-22,25H2,1-7H3. The fourth-order valence-corrected chi connectivity index (χ4v) is 4.81. The maximum absolute atomic E-state index is 12.4. The van der Waals surface area contributed by atoms with Crippen molar-refractivity contribution in [3.63, 3.8) is 0 Å². The minimum atomic E-state index is -0.952. The Morgan fingerprint density at radius 3 is 1.49 bits per heavy atom. The smallest absolute Gasteiger partial charge is 0.308 e. The molecule has 1 aromatic rings. The minimum absolute atomic E-state index is 0.0729. The number of hydrogen-bond donors (Lipinski definition) is 2. The molecule has 0 aliphatic heterocycles. The topological polar surface area (TPSA) is 66.8 Å². The van der Waals surface area contributed by atoms with Crippen LogP contribution in [0.2, 0.25) is 0 Å². The summed E-state index contributed by atoms with van der Waals surface area (Å²) in [5.74, 6) is -0.0961. The van der Waals surface area contributed by atoms with E-state index in [9.17, 15) is 15.0 Å². The second-order valence-corrected chi connectivity index (χ2v) is 13.0. The van der Waals surface area contributed by atoms with Gasteiger partial charge in [0.2, 0.25) is 0 Å². The third-order valence-electron chi connectivity index (χ3n) is 7.25. The van der Waals surface area contributed by atoms with E-state index in [1.54, 1.807) is 0 Å². The third kappa shape index (κ3) is 13.7. The average molecular weight is 519 g/mol. The molecule has 1 aromatic carbocycles. The average Bonchev–Trinajstić information content (AvgIpc) is 2.80. The SMILES string of the molecule is CCCCCCCCCCCCCCCCOC(=O)CC(O)c1cc(C(C)(C)C)c(O)c(C(C)(C)C)c1. The first kappa shape index (κ1) is 33.5. The summed E-state index contributed by atoms with van der Waals surface area (Å²) < 4.78 is 5.41. The van der Waals surface area contributed by atoms with Crippen molar-refractivity contribution in [2.24, 2.45) is 0 Å². The highest BCUT2D eigenvalue weighted by Gasteiger charge is 2.28. The van der Waals surface area contributed by atoms with Crippen molar-refractivity contribution < 1.29 is 19.7 Å². The number of phenolic OH excluding ortho intramolecular Hbond substituents is 1. The molecule has 0 heterocycles. The molecule has 37 heavy (non-hydrogen) atoms. The van der Waals surface area contributed by atoms with Crippen LogP contribution in [0.25, 0.3) is 0 Å². The Hall–Kier alpha value is -1.55. The molecule has 0 fully saturated rings. The summed E-state index contributed by atoms with van der Waals surface area (Å²) in [6, 6.07) is 3.66. The molecule has 0 amide bonds. The summed E-state index contributed by atoms with van der Waals surface area (Å²) in [6.07, 6.45) is 17.1. The number of aromatic hydroxyl groups is 1. The summed E-state index contributed by atoms with van der Waals surface area (Å²) in [4.78, 5) is 12.4. The number of esters is 1. The predicted octanol–water partition coefficient (Wildman–Crippen LogP) is 9.44. The number of hydrogen-bond acceptors (Lipinski definition) is 4. The van der Waals surface area contributed by atoms with E-state index in [1.807, 2.05) is 53.7 Å². The van der Waals surface area contributed by atoms with Crippen LogP contribution in [-0.4, -0.2) is 22.8 Å². The van der Waals surface area contributed by atoms with Crippen molar-refractivity contribution >= 4 is 5.97 Å². The second kappa shape index (κ2) is 17.1. The van der Waals surface area contributed by atoms with Crippen LogP contribution >= 0.6 is 0 Å². The first-order chi connectivity index (χ1) is 17.4. The van der Waals surface area contributed by atoms with Crippen molar-refractivity contribution in [3.8, 4) is 5.75 Å². The molecule has 1 unspecified atom stereocenters.